The van der Waals surface area contributed by atoms with Gasteiger partial charge in [-0.1, -0.05) is 44.2 Å². The van der Waals surface area contributed by atoms with Crippen molar-refractivity contribution in [1.82, 2.24) is 9.88 Å². The number of para-hydroxylation sites is 1. The molecule has 0 spiro atoms. The zero-order valence-electron chi connectivity index (χ0n) is 16.9. The van der Waals surface area contributed by atoms with Crippen LogP contribution >= 0.6 is 0 Å². The van der Waals surface area contributed by atoms with Crippen molar-refractivity contribution >= 4 is 10.9 Å². The molecule has 28 heavy (non-hydrogen) atoms. The Labute approximate surface area is 167 Å². The molecule has 0 bridgehead atoms. The van der Waals surface area contributed by atoms with Gasteiger partial charge in [-0.15, -0.1) is 0 Å². The highest BCUT2D eigenvalue weighted by atomic mass is 16.5. The van der Waals surface area contributed by atoms with Crippen LogP contribution in [0.4, 0.5) is 0 Å². The van der Waals surface area contributed by atoms with E-state index in [-0.39, 0.29) is 0 Å². The highest BCUT2D eigenvalue weighted by Crippen LogP contribution is 2.30. The molecule has 0 saturated heterocycles. The molecular formula is C24H28N2O2. The van der Waals surface area contributed by atoms with Gasteiger partial charge >= 0.3 is 0 Å². The van der Waals surface area contributed by atoms with Crippen molar-refractivity contribution in [1.29, 1.82) is 0 Å². The molecule has 0 atom stereocenters. The molecule has 0 saturated carbocycles. The molecule has 0 N–H and O–H groups in total. The Hall–Kier alpha value is -2.59. The highest BCUT2D eigenvalue weighted by Gasteiger charge is 2.18. The zero-order valence-corrected chi connectivity index (χ0v) is 16.9. The number of methoxy groups -OCH3 is 1. The second kappa shape index (κ2) is 8.19. The van der Waals surface area contributed by atoms with E-state index in [1.54, 1.807) is 7.11 Å². The predicted octanol–water partition coefficient (Wildman–Crippen LogP) is 4.80. The molecule has 4 nitrogen and oxygen atoms in total. The van der Waals surface area contributed by atoms with E-state index in [9.17, 15) is 0 Å². The maximum atomic E-state index is 6.03. The second-order valence-electron chi connectivity index (χ2n) is 7.75. The lowest BCUT2D eigenvalue weighted by Crippen LogP contribution is -2.27. The summed E-state index contributed by atoms with van der Waals surface area (Å²) in [6.07, 6.45) is 1.01. The van der Waals surface area contributed by atoms with Crippen molar-refractivity contribution in [3.8, 4) is 11.6 Å². The first-order chi connectivity index (χ1) is 13.6. The van der Waals surface area contributed by atoms with E-state index in [4.69, 9.17) is 14.5 Å². The molecule has 1 aromatic heterocycles. The minimum atomic E-state index is 0.445. The molecule has 1 aliphatic heterocycles. The number of hydrogen-bond donors (Lipinski definition) is 0. The van der Waals surface area contributed by atoms with Gasteiger partial charge in [-0.3, -0.25) is 4.90 Å². The first kappa shape index (κ1) is 18.8. The summed E-state index contributed by atoms with van der Waals surface area (Å²) in [6.45, 7) is 7.89. The maximum Gasteiger partial charge on any atom is 0.218 e. The lowest BCUT2D eigenvalue weighted by molar-refractivity contribution is 0.225. The molecule has 2 heterocycles. The molecule has 0 radical (unpaired) electrons. The van der Waals surface area contributed by atoms with Crippen LogP contribution in [0, 0.1) is 0 Å². The summed E-state index contributed by atoms with van der Waals surface area (Å²) in [5.41, 5.74) is 4.86. The number of hydrogen-bond acceptors (Lipinski definition) is 4. The first-order valence-corrected chi connectivity index (χ1v) is 10.0. The number of fused-ring (bicyclic) bond motifs is 2. The third-order valence-corrected chi connectivity index (χ3v) is 5.45. The summed E-state index contributed by atoms with van der Waals surface area (Å²) >= 11 is 0. The van der Waals surface area contributed by atoms with Crippen LogP contribution in [0.1, 0.15) is 36.5 Å². The van der Waals surface area contributed by atoms with Gasteiger partial charge in [0.25, 0.3) is 0 Å². The second-order valence-corrected chi connectivity index (χ2v) is 7.75. The monoisotopic (exact) mass is 376 g/mol. The Morgan fingerprint density at radius 1 is 1.14 bits per heavy atom. The number of pyridine rings is 1. The summed E-state index contributed by atoms with van der Waals surface area (Å²) in [7, 11) is 1.70. The van der Waals surface area contributed by atoms with Gasteiger partial charge < -0.3 is 9.47 Å². The largest absolute Gasteiger partial charge is 0.497 e. The summed E-state index contributed by atoms with van der Waals surface area (Å²) in [4.78, 5) is 7.36. The van der Waals surface area contributed by atoms with Gasteiger partial charge in [0.05, 0.1) is 12.6 Å². The summed E-state index contributed by atoms with van der Waals surface area (Å²) < 4.78 is 11.3. The molecular weight excluding hydrogens is 348 g/mol. The van der Waals surface area contributed by atoms with Crippen LogP contribution in [0.2, 0.25) is 0 Å². The standard InChI is InChI=1S/C24H28N2O2/c1-17(2)22-6-4-5-19-15-20-16-26(13-14-28-24(20)25-23(19)22)12-11-18-7-9-21(27-3)10-8-18/h4-10,15,17H,11-14,16H2,1-3H3. The summed E-state index contributed by atoms with van der Waals surface area (Å²) in [5.74, 6) is 2.15. The van der Waals surface area contributed by atoms with Crippen molar-refractivity contribution in [3.63, 3.8) is 0 Å². The van der Waals surface area contributed by atoms with Gasteiger partial charge in [0.1, 0.15) is 12.4 Å². The number of benzene rings is 2. The normalized spacial score (nSPS) is 14.6. The quantitative estimate of drug-likeness (QED) is 0.640. The third kappa shape index (κ3) is 3.97. The SMILES string of the molecule is COc1ccc(CCN2CCOc3nc4c(C(C)C)cccc4cc3C2)cc1. The van der Waals surface area contributed by atoms with E-state index >= 15 is 0 Å². The fourth-order valence-corrected chi connectivity index (χ4v) is 3.81. The van der Waals surface area contributed by atoms with Crippen LogP contribution in [0.5, 0.6) is 11.6 Å². The Morgan fingerprint density at radius 2 is 1.96 bits per heavy atom. The van der Waals surface area contributed by atoms with Crippen LogP contribution < -0.4 is 9.47 Å². The lowest BCUT2D eigenvalue weighted by atomic mass is 9.99. The van der Waals surface area contributed by atoms with E-state index in [0.29, 0.717) is 12.5 Å². The summed E-state index contributed by atoms with van der Waals surface area (Å²) in [6, 6.07) is 17.1. The Kier molecular flexibility index (Phi) is 5.49. The van der Waals surface area contributed by atoms with Crippen LogP contribution in [0.25, 0.3) is 10.9 Å². The Bertz CT molecular complexity index is 951. The van der Waals surface area contributed by atoms with Gasteiger partial charge in [0, 0.05) is 30.6 Å². The average Bonchev–Trinajstić information content (AvgIpc) is 2.91. The van der Waals surface area contributed by atoms with Gasteiger partial charge in [-0.2, -0.15) is 0 Å². The van der Waals surface area contributed by atoms with Crippen LogP contribution in [0.3, 0.4) is 0 Å². The number of nitrogens with zero attached hydrogens (tertiary/aromatic N) is 2. The smallest absolute Gasteiger partial charge is 0.218 e. The average molecular weight is 377 g/mol. The molecule has 2 aromatic carbocycles. The minimum absolute atomic E-state index is 0.445. The minimum Gasteiger partial charge on any atom is -0.497 e. The predicted molar refractivity (Wildman–Crippen MR) is 113 cm³/mol. The van der Waals surface area contributed by atoms with Crippen LogP contribution in [-0.2, 0) is 13.0 Å². The number of aromatic nitrogens is 1. The maximum absolute atomic E-state index is 6.03. The molecule has 4 rings (SSSR count). The van der Waals surface area contributed by atoms with Crippen molar-refractivity contribution < 1.29 is 9.47 Å². The molecule has 1 aliphatic rings. The Balaban J connectivity index is 1.52. The highest BCUT2D eigenvalue weighted by molar-refractivity contribution is 5.83. The van der Waals surface area contributed by atoms with Crippen molar-refractivity contribution in [2.45, 2.75) is 32.7 Å². The van der Waals surface area contributed by atoms with Gasteiger partial charge in [0.2, 0.25) is 5.88 Å². The molecule has 146 valence electrons. The van der Waals surface area contributed by atoms with Crippen molar-refractivity contribution in [2.24, 2.45) is 0 Å². The van der Waals surface area contributed by atoms with Gasteiger partial charge in [-0.25, -0.2) is 4.98 Å². The molecule has 4 heteroatoms. The molecule has 0 aliphatic carbocycles. The third-order valence-electron chi connectivity index (χ3n) is 5.45. The fraction of sp³-hybridized carbons (Fsp3) is 0.375. The molecule has 0 amide bonds. The first-order valence-electron chi connectivity index (χ1n) is 10.0. The number of rotatable bonds is 5. The fourth-order valence-electron chi connectivity index (χ4n) is 3.81. The Morgan fingerprint density at radius 3 is 2.71 bits per heavy atom. The van der Waals surface area contributed by atoms with Crippen LogP contribution in [0.15, 0.2) is 48.5 Å². The van der Waals surface area contributed by atoms with Gasteiger partial charge in [-0.05, 0) is 41.7 Å². The molecule has 3 aromatic rings. The lowest BCUT2D eigenvalue weighted by Gasteiger charge is -2.19. The zero-order chi connectivity index (χ0) is 19.5. The van der Waals surface area contributed by atoms with E-state index in [1.807, 2.05) is 12.1 Å². The van der Waals surface area contributed by atoms with Gasteiger partial charge in [0.15, 0.2) is 0 Å². The van der Waals surface area contributed by atoms with E-state index in [2.05, 4.69) is 55.1 Å². The van der Waals surface area contributed by atoms with E-state index in [0.717, 1.165) is 43.2 Å². The molecule has 0 fully saturated rings. The number of ether oxygens (including phenoxy) is 2. The van der Waals surface area contributed by atoms with E-state index in [1.165, 1.54) is 22.1 Å². The van der Waals surface area contributed by atoms with Crippen LogP contribution in [-0.4, -0.2) is 36.7 Å². The topological polar surface area (TPSA) is 34.6 Å². The van der Waals surface area contributed by atoms with Crippen molar-refractivity contribution in [3.05, 3.63) is 65.2 Å². The summed E-state index contributed by atoms with van der Waals surface area (Å²) in [5, 5.41) is 1.20. The van der Waals surface area contributed by atoms with Crippen molar-refractivity contribution in [2.75, 3.05) is 26.8 Å². The molecule has 0 unspecified atom stereocenters. The van der Waals surface area contributed by atoms with E-state index < -0.39 is 0 Å².